The minimum atomic E-state index is -0.516. The zero-order valence-corrected chi connectivity index (χ0v) is 11.0. The van der Waals surface area contributed by atoms with Crippen molar-refractivity contribution in [2.45, 2.75) is 6.04 Å². The van der Waals surface area contributed by atoms with Gasteiger partial charge in [-0.3, -0.25) is 0 Å². The normalized spacial score (nSPS) is 12.2. The molecule has 2 aromatic rings. The molecule has 0 aliphatic carbocycles. The predicted molar refractivity (Wildman–Crippen MR) is 76.8 cm³/mol. The van der Waals surface area contributed by atoms with Gasteiger partial charge in [0.1, 0.15) is 0 Å². The molecule has 0 spiro atoms. The Balaban J connectivity index is 2.44. The lowest BCUT2D eigenvalue weighted by Gasteiger charge is -2.21. The van der Waals surface area contributed by atoms with Gasteiger partial charge in [-0.2, -0.15) is 0 Å². The van der Waals surface area contributed by atoms with Gasteiger partial charge in [0.05, 0.1) is 6.04 Å². The molecule has 0 aliphatic rings. The Hall–Kier alpha value is -2.24. The summed E-state index contributed by atoms with van der Waals surface area (Å²) in [6.07, 6.45) is 0. The number of hydrogen-bond donors (Lipinski definition) is 5. The molecule has 106 valence electrons. The molecule has 6 N–H and O–H groups in total. The minimum Gasteiger partial charge on any atom is -0.504 e. The van der Waals surface area contributed by atoms with Crippen molar-refractivity contribution in [3.8, 4) is 17.2 Å². The van der Waals surface area contributed by atoms with Crippen LogP contribution in [0.5, 0.6) is 17.2 Å². The quantitative estimate of drug-likeness (QED) is 0.531. The Bertz CT molecular complexity index is 573. The van der Waals surface area contributed by atoms with Crippen LogP contribution in [0.4, 0.5) is 0 Å². The van der Waals surface area contributed by atoms with E-state index < -0.39 is 5.75 Å². The van der Waals surface area contributed by atoms with E-state index in [0.29, 0.717) is 18.7 Å². The third kappa shape index (κ3) is 2.84. The number of nitrogens with two attached hydrogens (primary N) is 1. The number of rotatable bonds is 5. The van der Waals surface area contributed by atoms with Crippen LogP contribution in [-0.4, -0.2) is 28.4 Å². The summed E-state index contributed by atoms with van der Waals surface area (Å²) in [6, 6.07) is 12.1. The second-order valence-corrected chi connectivity index (χ2v) is 4.46. The molecular formula is C15H18N2O3. The molecular weight excluding hydrogens is 256 g/mol. The Labute approximate surface area is 117 Å². The van der Waals surface area contributed by atoms with Crippen LogP contribution >= 0.6 is 0 Å². The predicted octanol–water partition coefficient (Wildman–Crippen LogP) is 1.44. The van der Waals surface area contributed by atoms with E-state index in [4.69, 9.17) is 5.73 Å². The van der Waals surface area contributed by atoms with E-state index in [1.54, 1.807) is 6.07 Å². The maximum Gasteiger partial charge on any atom is 0.200 e. The molecule has 2 aromatic carbocycles. The molecule has 0 radical (unpaired) electrons. The number of benzene rings is 2. The average molecular weight is 274 g/mol. The van der Waals surface area contributed by atoms with Gasteiger partial charge in [-0.05, 0) is 17.7 Å². The van der Waals surface area contributed by atoms with Crippen LogP contribution in [0.1, 0.15) is 17.2 Å². The summed E-state index contributed by atoms with van der Waals surface area (Å²) in [4.78, 5) is 0. The molecule has 0 fully saturated rings. The van der Waals surface area contributed by atoms with Crippen LogP contribution in [0.3, 0.4) is 0 Å². The fourth-order valence-corrected chi connectivity index (χ4v) is 2.10. The second-order valence-electron chi connectivity index (χ2n) is 4.46. The molecule has 0 amide bonds. The van der Waals surface area contributed by atoms with Crippen molar-refractivity contribution in [3.63, 3.8) is 0 Å². The zero-order chi connectivity index (χ0) is 14.5. The average Bonchev–Trinajstić information content (AvgIpc) is 2.48. The number of phenolic OH excluding ortho intramolecular Hbond substituents is 3. The fourth-order valence-electron chi connectivity index (χ4n) is 2.10. The molecule has 0 aliphatic heterocycles. The fraction of sp³-hybridized carbons (Fsp3) is 0.200. The first-order valence-corrected chi connectivity index (χ1v) is 6.37. The van der Waals surface area contributed by atoms with Gasteiger partial charge in [-0.25, -0.2) is 0 Å². The number of aromatic hydroxyl groups is 3. The Morgan fingerprint density at radius 3 is 2.30 bits per heavy atom. The first-order valence-electron chi connectivity index (χ1n) is 6.37. The lowest BCUT2D eigenvalue weighted by atomic mass is 9.97. The van der Waals surface area contributed by atoms with Gasteiger partial charge < -0.3 is 26.4 Å². The van der Waals surface area contributed by atoms with E-state index in [1.165, 1.54) is 6.07 Å². The summed E-state index contributed by atoms with van der Waals surface area (Å²) in [7, 11) is 0. The first-order chi connectivity index (χ1) is 9.65. The lowest BCUT2D eigenvalue weighted by Crippen LogP contribution is -2.28. The smallest absolute Gasteiger partial charge is 0.200 e. The highest BCUT2D eigenvalue weighted by Crippen LogP contribution is 2.41. The van der Waals surface area contributed by atoms with Gasteiger partial charge in [-0.1, -0.05) is 30.3 Å². The third-order valence-corrected chi connectivity index (χ3v) is 3.10. The summed E-state index contributed by atoms with van der Waals surface area (Å²) in [5.74, 6) is -1.20. The number of nitrogens with one attached hydrogen (secondary N) is 1. The Morgan fingerprint density at radius 2 is 1.65 bits per heavy atom. The van der Waals surface area contributed by atoms with Crippen LogP contribution in [0.15, 0.2) is 42.5 Å². The van der Waals surface area contributed by atoms with Gasteiger partial charge in [0, 0.05) is 18.7 Å². The van der Waals surface area contributed by atoms with Crippen LogP contribution < -0.4 is 11.1 Å². The van der Waals surface area contributed by atoms with Gasteiger partial charge in [-0.15, -0.1) is 0 Å². The second kappa shape index (κ2) is 6.27. The van der Waals surface area contributed by atoms with E-state index >= 15 is 0 Å². The summed E-state index contributed by atoms with van der Waals surface area (Å²) in [5.41, 5.74) is 6.93. The maximum absolute atomic E-state index is 10.0. The Kier molecular flexibility index (Phi) is 4.45. The monoisotopic (exact) mass is 274 g/mol. The topological polar surface area (TPSA) is 98.7 Å². The highest BCUT2D eigenvalue weighted by atomic mass is 16.3. The van der Waals surface area contributed by atoms with Gasteiger partial charge in [0.25, 0.3) is 0 Å². The van der Waals surface area contributed by atoms with Crippen LogP contribution in [0, 0.1) is 0 Å². The van der Waals surface area contributed by atoms with Crippen molar-refractivity contribution in [1.29, 1.82) is 0 Å². The van der Waals surface area contributed by atoms with Gasteiger partial charge >= 0.3 is 0 Å². The molecule has 2 rings (SSSR count). The molecule has 20 heavy (non-hydrogen) atoms. The van der Waals surface area contributed by atoms with Gasteiger partial charge in [0.2, 0.25) is 5.75 Å². The molecule has 0 saturated heterocycles. The summed E-state index contributed by atoms with van der Waals surface area (Å²) in [6.45, 7) is 1.01. The lowest BCUT2D eigenvalue weighted by molar-refractivity contribution is 0.362. The molecule has 5 heteroatoms. The van der Waals surface area contributed by atoms with Crippen molar-refractivity contribution in [3.05, 3.63) is 53.6 Å². The van der Waals surface area contributed by atoms with Crippen molar-refractivity contribution in [2.75, 3.05) is 13.1 Å². The van der Waals surface area contributed by atoms with E-state index in [-0.39, 0.29) is 17.5 Å². The molecule has 0 bridgehead atoms. The van der Waals surface area contributed by atoms with E-state index in [1.807, 2.05) is 30.3 Å². The van der Waals surface area contributed by atoms with Crippen molar-refractivity contribution < 1.29 is 15.3 Å². The van der Waals surface area contributed by atoms with Crippen molar-refractivity contribution >= 4 is 0 Å². The molecule has 0 saturated carbocycles. The minimum absolute atomic E-state index is 0.314. The van der Waals surface area contributed by atoms with Crippen LogP contribution in [-0.2, 0) is 0 Å². The largest absolute Gasteiger partial charge is 0.504 e. The molecule has 0 heterocycles. The van der Waals surface area contributed by atoms with E-state index in [9.17, 15) is 15.3 Å². The first kappa shape index (κ1) is 14.2. The third-order valence-electron chi connectivity index (χ3n) is 3.10. The zero-order valence-electron chi connectivity index (χ0n) is 11.0. The van der Waals surface area contributed by atoms with Crippen molar-refractivity contribution in [2.24, 2.45) is 5.73 Å². The van der Waals surface area contributed by atoms with Crippen LogP contribution in [0.2, 0.25) is 0 Å². The highest BCUT2D eigenvalue weighted by molar-refractivity contribution is 5.55. The molecule has 1 atom stereocenters. The summed E-state index contributed by atoms with van der Waals surface area (Å²) < 4.78 is 0. The molecule has 5 nitrogen and oxygen atoms in total. The van der Waals surface area contributed by atoms with Crippen molar-refractivity contribution in [1.82, 2.24) is 5.32 Å². The summed E-state index contributed by atoms with van der Waals surface area (Å²) in [5, 5.41) is 32.3. The highest BCUT2D eigenvalue weighted by Gasteiger charge is 2.20. The molecule has 0 aromatic heterocycles. The molecule has 1 unspecified atom stereocenters. The van der Waals surface area contributed by atoms with Gasteiger partial charge in [0.15, 0.2) is 11.5 Å². The SMILES string of the molecule is NCCNC(c1ccccc1)c1ccc(O)c(O)c1O. The maximum atomic E-state index is 10.0. The number of hydrogen-bond acceptors (Lipinski definition) is 5. The van der Waals surface area contributed by atoms with E-state index in [2.05, 4.69) is 5.32 Å². The standard InChI is InChI=1S/C15H18N2O3/c16-8-9-17-13(10-4-2-1-3-5-10)11-6-7-12(18)15(20)14(11)19/h1-7,13,17-20H,8-9,16H2. The van der Waals surface area contributed by atoms with E-state index in [0.717, 1.165) is 5.56 Å². The number of phenols is 3. The Morgan fingerprint density at radius 1 is 0.950 bits per heavy atom. The summed E-state index contributed by atoms with van der Waals surface area (Å²) >= 11 is 0. The van der Waals surface area contributed by atoms with Crippen LogP contribution in [0.25, 0.3) is 0 Å².